The summed E-state index contributed by atoms with van der Waals surface area (Å²) in [5.74, 6) is 4.95. The Morgan fingerprint density at radius 1 is 1.54 bits per heavy atom. The molecular formula is C10H6BrIO. The molecule has 0 radical (unpaired) electrons. The molecule has 0 aliphatic heterocycles. The maximum absolute atomic E-state index is 11.4. The fourth-order valence-electron chi connectivity index (χ4n) is 0.852. The highest BCUT2D eigenvalue weighted by Gasteiger charge is 2.07. The van der Waals surface area contributed by atoms with Gasteiger partial charge in [-0.05, 0) is 53.6 Å². The smallest absolute Gasteiger partial charge is 0.237 e. The van der Waals surface area contributed by atoms with Crippen molar-refractivity contribution in [2.24, 2.45) is 0 Å². The summed E-state index contributed by atoms with van der Waals surface area (Å²) in [6.45, 7) is 1.65. The van der Waals surface area contributed by atoms with E-state index in [-0.39, 0.29) is 5.78 Å². The zero-order chi connectivity index (χ0) is 9.84. The zero-order valence-corrected chi connectivity index (χ0v) is 10.6. The molecule has 0 saturated heterocycles. The third kappa shape index (κ3) is 2.82. The van der Waals surface area contributed by atoms with E-state index < -0.39 is 0 Å². The molecule has 0 saturated carbocycles. The molecule has 13 heavy (non-hydrogen) atoms. The van der Waals surface area contributed by atoms with Gasteiger partial charge in [-0.3, -0.25) is 4.79 Å². The van der Waals surface area contributed by atoms with Crippen LogP contribution in [0.2, 0.25) is 0 Å². The first kappa shape index (κ1) is 10.7. The third-order valence-corrected chi connectivity index (χ3v) is 2.77. The Morgan fingerprint density at radius 2 is 2.23 bits per heavy atom. The van der Waals surface area contributed by atoms with Crippen molar-refractivity contribution in [1.82, 2.24) is 0 Å². The first-order valence-corrected chi connectivity index (χ1v) is 5.44. The van der Waals surface area contributed by atoms with Gasteiger partial charge in [0, 0.05) is 13.6 Å². The van der Waals surface area contributed by atoms with Gasteiger partial charge in [0.1, 0.15) is 0 Å². The number of Topliss-reactive ketones (excluding diaryl/α,β-unsaturated/α-hetero) is 1. The molecule has 1 aromatic carbocycles. The Kier molecular flexibility index (Phi) is 3.94. The molecule has 0 atom stereocenters. The van der Waals surface area contributed by atoms with E-state index in [2.05, 4.69) is 50.4 Å². The minimum absolute atomic E-state index is 0.145. The summed E-state index contributed by atoms with van der Waals surface area (Å²) in [5, 5.41) is 0. The summed E-state index contributed by atoms with van der Waals surface area (Å²) in [6.07, 6.45) is 0. The molecule has 0 aromatic heterocycles. The average Bonchev–Trinajstić information content (AvgIpc) is 2.09. The molecule has 0 aliphatic carbocycles. The number of rotatable bonds is 1. The molecule has 0 N–H and O–H groups in total. The molecular weight excluding hydrogens is 343 g/mol. The van der Waals surface area contributed by atoms with Gasteiger partial charge in [-0.2, -0.15) is 0 Å². The lowest BCUT2D eigenvalue weighted by molar-refractivity contribution is 0.105. The van der Waals surface area contributed by atoms with E-state index in [9.17, 15) is 4.79 Å². The number of benzene rings is 1. The molecule has 3 heteroatoms. The SMILES string of the molecule is CC#CC(=O)c1cc(I)ccc1Br. The molecule has 0 unspecified atom stereocenters. The molecule has 1 aromatic rings. The van der Waals surface area contributed by atoms with Crippen LogP contribution in [0.5, 0.6) is 0 Å². The van der Waals surface area contributed by atoms with Crippen molar-refractivity contribution in [2.75, 3.05) is 0 Å². The van der Waals surface area contributed by atoms with Crippen molar-refractivity contribution in [3.8, 4) is 11.8 Å². The Hall–Kier alpha value is -0.340. The van der Waals surface area contributed by atoms with Gasteiger partial charge in [0.15, 0.2) is 0 Å². The lowest BCUT2D eigenvalue weighted by Crippen LogP contribution is -1.96. The van der Waals surface area contributed by atoms with Gasteiger partial charge in [0.2, 0.25) is 5.78 Å². The summed E-state index contributed by atoms with van der Waals surface area (Å²) in [7, 11) is 0. The Morgan fingerprint density at radius 3 is 2.85 bits per heavy atom. The summed E-state index contributed by atoms with van der Waals surface area (Å²) in [6, 6.07) is 5.60. The van der Waals surface area contributed by atoms with Gasteiger partial charge >= 0.3 is 0 Å². The van der Waals surface area contributed by atoms with Crippen molar-refractivity contribution in [1.29, 1.82) is 0 Å². The highest BCUT2D eigenvalue weighted by molar-refractivity contribution is 14.1. The average molecular weight is 349 g/mol. The molecule has 1 nitrogen and oxygen atoms in total. The van der Waals surface area contributed by atoms with Gasteiger partial charge in [-0.1, -0.05) is 21.9 Å². The monoisotopic (exact) mass is 348 g/mol. The largest absolute Gasteiger partial charge is 0.279 e. The molecule has 0 fully saturated rings. The van der Waals surface area contributed by atoms with Crippen LogP contribution in [0.25, 0.3) is 0 Å². The maximum atomic E-state index is 11.4. The Balaban J connectivity index is 3.18. The molecule has 66 valence electrons. The lowest BCUT2D eigenvalue weighted by atomic mass is 10.1. The molecule has 0 heterocycles. The van der Waals surface area contributed by atoms with Crippen molar-refractivity contribution in [3.63, 3.8) is 0 Å². The van der Waals surface area contributed by atoms with Crippen LogP contribution in [-0.4, -0.2) is 5.78 Å². The lowest BCUT2D eigenvalue weighted by Gasteiger charge is -1.98. The van der Waals surface area contributed by atoms with Crippen molar-refractivity contribution >= 4 is 44.3 Å². The second-order valence-electron chi connectivity index (χ2n) is 2.33. The predicted octanol–water partition coefficient (Wildman–Crippen LogP) is 3.26. The molecule has 0 bridgehead atoms. The number of carbonyl (C=O) groups is 1. The van der Waals surface area contributed by atoms with E-state index in [1.165, 1.54) is 0 Å². The molecule has 0 aliphatic rings. The van der Waals surface area contributed by atoms with Crippen molar-refractivity contribution < 1.29 is 4.79 Å². The van der Waals surface area contributed by atoms with E-state index in [0.29, 0.717) is 5.56 Å². The minimum atomic E-state index is -0.145. The number of halogens is 2. The topological polar surface area (TPSA) is 17.1 Å². The molecule has 1 rings (SSSR count). The predicted molar refractivity (Wildman–Crippen MR) is 64.6 cm³/mol. The van der Waals surface area contributed by atoms with Gasteiger partial charge < -0.3 is 0 Å². The van der Waals surface area contributed by atoms with Crippen LogP contribution in [0, 0.1) is 15.4 Å². The van der Waals surface area contributed by atoms with Crippen molar-refractivity contribution in [2.45, 2.75) is 6.92 Å². The van der Waals surface area contributed by atoms with Crippen LogP contribution >= 0.6 is 38.5 Å². The van der Waals surface area contributed by atoms with Crippen LogP contribution < -0.4 is 0 Å². The summed E-state index contributed by atoms with van der Waals surface area (Å²) in [4.78, 5) is 11.4. The van der Waals surface area contributed by atoms with Gasteiger partial charge in [0.05, 0.1) is 0 Å². The normalized spacial score (nSPS) is 8.85. The first-order chi connectivity index (χ1) is 6.15. The second kappa shape index (κ2) is 4.77. The van der Waals surface area contributed by atoms with E-state index in [4.69, 9.17) is 0 Å². The van der Waals surface area contributed by atoms with Crippen LogP contribution in [0.4, 0.5) is 0 Å². The highest BCUT2D eigenvalue weighted by Crippen LogP contribution is 2.19. The van der Waals surface area contributed by atoms with E-state index >= 15 is 0 Å². The Labute approximate surface area is 99.2 Å². The van der Waals surface area contributed by atoms with Gasteiger partial charge in [0.25, 0.3) is 0 Å². The minimum Gasteiger partial charge on any atom is -0.279 e. The Bertz CT molecular complexity index is 401. The molecule has 0 spiro atoms. The number of ketones is 1. The second-order valence-corrected chi connectivity index (χ2v) is 4.43. The van der Waals surface area contributed by atoms with Crippen LogP contribution in [0.3, 0.4) is 0 Å². The van der Waals surface area contributed by atoms with E-state index in [0.717, 1.165) is 8.04 Å². The zero-order valence-electron chi connectivity index (χ0n) is 6.90. The number of hydrogen-bond acceptors (Lipinski definition) is 1. The third-order valence-electron chi connectivity index (χ3n) is 1.41. The van der Waals surface area contributed by atoms with E-state index in [1.807, 2.05) is 18.2 Å². The quantitative estimate of drug-likeness (QED) is 0.329. The first-order valence-electron chi connectivity index (χ1n) is 3.57. The fourth-order valence-corrected chi connectivity index (χ4v) is 1.77. The van der Waals surface area contributed by atoms with Crippen LogP contribution in [0.1, 0.15) is 17.3 Å². The van der Waals surface area contributed by atoms with Crippen LogP contribution in [-0.2, 0) is 0 Å². The summed E-state index contributed by atoms with van der Waals surface area (Å²) < 4.78 is 1.82. The van der Waals surface area contributed by atoms with Gasteiger partial charge in [-0.15, -0.1) is 0 Å². The summed E-state index contributed by atoms with van der Waals surface area (Å²) >= 11 is 5.47. The van der Waals surface area contributed by atoms with E-state index in [1.54, 1.807) is 6.92 Å². The summed E-state index contributed by atoms with van der Waals surface area (Å²) in [5.41, 5.74) is 0.626. The fraction of sp³-hybridized carbons (Fsp3) is 0.100. The van der Waals surface area contributed by atoms with Gasteiger partial charge in [-0.25, -0.2) is 0 Å². The molecule has 0 amide bonds. The standard InChI is InChI=1S/C10H6BrIO/c1-2-3-10(13)8-6-7(12)4-5-9(8)11/h4-6H,1H3. The maximum Gasteiger partial charge on any atom is 0.237 e. The number of hydrogen-bond donors (Lipinski definition) is 0. The number of carbonyl (C=O) groups excluding carboxylic acids is 1. The van der Waals surface area contributed by atoms with Crippen LogP contribution in [0.15, 0.2) is 22.7 Å². The van der Waals surface area contributed by atoms with Crippen molar-refractivity contribution in [3.05, 3.63) is 31.8 Å². The highest BCUT2D eigenvalue weighted by atomic mass is 127.